The summed E-state index contributed by atoms with van der Waals surface area (Å²) in [6, 6.07) is 0. The summed E-state index contributed by atoms with van der Waals surface area (Å²) >= 11 is 0. The number of fused-ring (bicyclic) bond motifs is 2. The fourth-order valence-electron chi connectivity index (χ4n) is 2.68. The highest BCUT2D eigenvalue weighted by atomic mass is 16.5. The van der Waals surface area contributed by atoms with Crippen molar-refractivity contribution in [3.63, 3.8) is 0 Å². The van der Waals surface area contributed by atoms with Crippen LogP contribution in [-0.4, -0.2) is 12.7 Å². The second-order valence-electron chi connectivity index (χ2n) is 5.66. The van der Waals surface area contributed by atoms with Crippen LogP contribution in [0.15, 0.2) is 0 Å². The van der Waals surface area contributed by atoms with Gasteiger partial charge < -0.3 is 4.74 Å². The van der Waals surface area contributed by atoms with Gasteiger partial charge in [-0.2, -0.15) is 0 Å². The van der Waals surface area contributed by atoms with E-state index in [9.17, 15) is 0 Å². The van der Waals surface area contributed by atoms with Crippen LogP contribution in [0.4, 0.5) is 0 Å². The smallest absolute Gasteiger partial charge is 0.0632 e. The zero-order chi connectivity index (χ0) is 8.82. The van der Waals surface area contributed by atoms with E-state index < -0.39 is 0 Å². The molecule has 0 N–H and O–H groups in total. The molecular weight excluding hydrogens is 148 g/mol. The second kappa shape index (κ2) is 2.47. The SMILES string of the molecule is CC12CCCC(C)(C)C(C1)OC2. The van der Waals surface area contributed by atoms with Gasteiger partial charge in [0.15, 0.2) is 0 Å². The standard InChI is InChI=1S/C11H20O/c1-10(2)5-4-6-11(3)7-9(10)12-8-11/h9H,4-8H2,1-3H3. The molecule has 2 aliphatic rings. The van der Waals surface area contributed by atoms with Crippen molar-refractivity contribution in [3.05, 3.63) is 0 Å². The normalized spacial score (nSPS) is 45.8. The molecule has 1 saturated heterocycles. The predicted molar refractivity (Wildman–Crippen MR) is 50.1 cm³/mol. The van der Waals surface area contributed by atoms with E-state index >= 15 is 0 Å². The summed E-state index contributed by atoms with van der Waals surface area (Å²) in [6.45, 7) is 8.10. The molecule has 0 aromatic heterocycles. The van der Waals surface area contributed by atoms with Crippen molar-refractivity contribution in [2.24, 2.45) is 10.8 Å². The average Bonchev–Trinajstić information content (AvgIpc) is 2.27. The molecule has 2 fully saturated rings. The molecule has 2 rings (SSSR count). The van der Waals surface area contributed by atoms with Gasteiger partial charge in [0.1, 0.15) is 0 Å². The molecule has 0 aromatic carbocycles. The molecule has 0 amide bonds. The third-order valence-corrected chi connectivity index (χ3v) is 3.78. The third-order valence-electron chi connectivity index (χ3n) is 3.78. The minimum atomic E-state index is 0.425. The summed E-state index contributed by atoms with van der Waals surface area (Å²) in [7, 11) is 0. The Labute approximate surface area is 75.5 Å². The monoisotopic (exact) mass is 168 g/mol. The molecule has 1 nitrogen and oxygen atoms in total. The van der Waals surface area contributed by atoms with Gasteiger partial charge >= 0.3 is 0 Å². The minimum Gasteiger partial charge on any atom is -0.377 e. The van der Waals surface area contributed by atoms with Crippen molar-refractivity contribution < 1.29 is 4.74 Å². The van der Waals surface area contributed by atoms with Crippen LogP contribution in [-0.2, 0) is 4.74 Å². The van der Waals surface area contributed by atoms with Gasteiger partial charge in [-0.1, -0.05) is 27.2 Å². The van der Waals surface area contributed by atoms with Crippen LogP contribution in [0.1, 0.15) is 46.5 Å². The first-order valence-corrected chi connectivity index (χ1v) is 5.14. The highest BCUT2D eigenvalue weighted by Gasteiger charge is 2.45. The maximum atomic E-state index is 5.88. The lowest BCUT2D eigenvalue weighted by Crippen LogP contribution is -2.27. The van der Waals surface area contributed by atoms with Crippen LogP contribution in [0.25, 0.3) is 0 Å². The van der Waals surface area contributed by atoms with Crippen molar-refractivity contribution in [3.8, 4) is 0 Å². The van der Waals surface area contributed by atoms with Crippen LogP contribution in [0, 0.1) is 10.8 Å². The van der Waals surface area contributed by atoms with E-state index in [4.69, 9.17) is 4.74 Å². The predicted octanol–water partition coefficient (Wildman–Crippen LogP) is 2.99. The van der Waals surface area contributed by atoms with Crippen molar-refractivity contribution in [2.75, 3.05) is 6.61 Å². The van der Waals surface area contributed by atoms with Gasteiger partial charge in [-0.25, -0.2) is 0 Å². The van der Waals surface area contributed by atoms with Gasteiger partial charge in [0, 0.05) is 0 Å². The Kier molecular flexibility index (Phi) is 1.76. The molecule has 1 aliphatic carbocycles. The molecule has 12 heavy (non-hydrogen) atoms. The lowest BCUT2D eigenvalue weighted by Gasteiger charge is -2.29. The second-order valence-corrected chi connectivity index (χ2v) is 5.66. The molecular formula is C11H20O. The molecule has 2 unspecified atom stereocenters. The molecule has 1 saturated carbocycles. The fourth-order valence-corrected chi connectivity index (χ4v) is 2.68. The largest absolute Gasteiger partial charge is 0.377 e. The van der Waals surface area contributed by atoms with E-state index in [1.54, 1.807) is 0 Å². The molecule has 1 heterocycles. The van der Waals surface area contributed by atoms with Gasteiger partial charge in [0.05, 0.1) is 12.7 Å². The Morgan fingerprint density at radius 2 is 1.92 bits per heavy atom. The van der Waals surface area contributed by atoms with Crippen molar-refractivity contribution in [1.82, 2.24) is 0 Å². The van der Waals surface area contributed by atoms with E-state index in [0.717, 1.165) is 6.61 Å². The average molecular weight is 168 g/mol. The zero-order valence-corrected chi connectivity index (χ0v) is 8.52. The van der Waals surface area contributed by atoms with Crippen LogP contribution in [0.3, 0.4) is 0 Å². The van der Waals surface area contributed by atoms with E-state index in [-0.39, 0.29) is 0 Å². The lowest BCUT2D eigenvalue weighted by molar-refractivity contribution is 0.00285. The summed E-state index contributed by atoms with van der Waals surface area (Å²) in [5.74, 6) is 0. The Balaban J connectivity index is 2.19. The first kappa shape index (κ1) is 8.55. The molecule has 2 atom stereocenters. The Bertz CT molecular complexity index is 185. The summed E-state index contributed by atoms with van der Waals surface area (Å²) in [6.07, 6.45) is 5.92. The first-order chi connectivity index (χ1) is 5.52. The quantitative estimate of drug-likeness (QED) is 0.540. The summed E-state index contributed by atoms with van der Waals surface area (Å²) in [4.78, 5) is 0. The Morgan fingerprint density at radius 3 is 2.67 bits per heavy atom. The molecule has 1 aliphatic heterocycles. The van der Waals surface area contributed by atoms with Crippen LogP contribution in [0.5, 0.6) is 0 Å². The topological polar surface area (TPSA) is 9.23 Å². The third kappa shape index (κ3) is 1.28. The van der Waals surface area contributed by atoms with E-state index in [2.05, 4.69) is 20.8 Å². The lowest BCUT2D eigenvalue weighted by atomic mass is 9.81. The highest BCUT2D eigenvalue weighted by Crippen LogP contribution is 2.48. The van der Waals surface area contributed by atoms with Crippen LogP contribution < -0.4 is 0 Å². The number of hydrogen-bond acceptors (Lipinski definition) is 1. The van der Waals surface area contributed by atoms with Crippen molar-refractivity contribution in [2.45, 2.75) is 52.6 Å². The summed E-state index contributed by atoms with van der Waals surface area (Å²) in [5.41, 5.74) is 0.937. The van der Waals surface area contributed by atoms with Crippen molar-refractivity contribution in [1.29, 1.82) is 0 Å². The van der Waals surface area contributed by atoms with Gasteiger partial charge in [-0.05, 0) is 30.1 Å². The van der Waals surface area contributed by atoms with Gasteiger partial charge in [0.2, 0.25) is 0 Å². The summed E-state index contributed by atoms with van der Waals surface area (Å²) < 4.78 is 5.88. The minimum absolute atomic E-state index is 0.425. The van der Waals surface area contributed by atoms with Gasteiger partial charge in [0.25, 0.3) is 0 Å². The molecule has 0 aromatic rings. The zero-order valence-electron chi connectivity index (χ0n) is 8.52. The van der Waals surface area contributed by atoms with Gasteiger partial charge in [-0.15, -0.1) is 0 Å². The van der Waals surface area contributed by atoms with Crippen LogP contribution in [0.2, 0.25) is 0 Å². The Morgan fingerprint density at radius 1 is 1.17 bits per heavy atom. The van der Waals surface area contributed by atoms with Crippen LogP contribution >= 0.6 is 0 Å². The first-order valence-electron chi connectivity index (χ1n) is 5.14. The molecule has 0 radical (unpaired) electrons. The maximum absolute atomic E-state index is 5.88. The molecule has 1 heteroatoms. The fraction of sp³-hybridized carbons (Fsp3) is 1.00. The summed E-state index contributed by atoms with van der Waals surface area (Å²) in [5, 5.41) is 0. The number of hydrogen-bond donors (Lipinski definition) is 0. The molecule has 2 bridgehead atoms. The number of ether oxygens (including phenoxy) is 1. The Hall–Kier alpha value is -0.0400. The molecule has 0 spiro atoms. The van der Waals surface area contributed by atoms with E-state index in [1.807, 2.05) is 0 Å². The van der Waals surface area contributed by atoms with Crippen molar-refractivity contribution >= 4 is 0 Å². The van der Waals surface area contributed by atoms with E-state index in [1.165, 1.54) is 25.7 Å². The highest BCUT2D eigenvalue weighted by molar-refractivity contribution is 4.94. The molecule has 70 valence electrons. The number of rotatable bonds is 0. The maximum Gasteiger partial charge on any atom is 0.0632 e. The van der Waals surface area contributed by atoms with E-state index in [0.29, 0.717) is 16.9 Å². The van der Waals surface area contributed by atoms with Gasteiger partial charge in [-0.3, -0.25) is 0 Å².